The van der Waals surface area contributed by atoms with Crippen molar-refractivity contribution in [2.45, 2.75) is 50.5 Å². The molecule has 6 nitrogen and oxygen atoms in total. The molecule has 4 N–H and O–H groups in total. The number of piperidine rings is 1. The Hall–Kier alpha value is -1.18. The van der Waals surface area contributed by atoms with Crippen molar-refractivity contribution in [1.82, 2.24) is 4.90 Å². The van der Waals surface area contributed by atoms with Crippen LogP contribution in [0.1, 0.15) is 25.3 Å². The van der Waals surface area contributed by atoms with Gasteiger partial charge in [-0.05, 0) is 43.5 Å². The Kier molecular flexibility index (Phi) is 7.45. The van der Waals surface area contributed by atoms with Crippen molar-refractivity contribution in [3.05, 3.63) is 29.8 Å². The average Bonchev–Trinajstić information content (AvgIpc) is 2.59. The van der Waals surface area contributed by atoms with Crippen molar-refractivity contribution in [3.63, 3.8) is 0 Å². The van der Waals surface area contributed by atoms with Crippen LogP contribution in [0.2, 0.25) is 0 Å². The van der Waals surface area contributed by atoms with Gasteiger partial charge in [-0.25, -0.2) is 0 Å². The predicted molar refractivity (Wildman–Crippen MR) is 91.0 cm³/mol. The van der Waals surface area contributed by atoms with Crippen molar-refractivity contribution < 1.29 is 25.2 Å². The zero-order valence-electron chi connectivity index (χ0n) is 14.2. The number of likely N-dealkylation sites (tertiary alicyclic amines) is 1. The highest BCUT2D eigenvalue weighted by Gasteiger charge is 2.40. The molecule has 1 fully saturated rings. The van der Waals surface area contributed by atoms with Crippen LogP contribution in [0.15, 0.2) is 24.3 Å². The quantitative estimate of drug-likeness (QED) is 0.539. The Bertz CT molecular complexity index is 481. The van der Waals surface area contributed by atoms with Gasteiger partial charge < -0.3 is 25.2 Å². The van der Waals surface area contributed by atoms with Gasteiger partial charge in [0.2, 0.25) is 0 Å². The molecule has 24 heavy (non-hydrogen) atoms. The van der Waals surface area contributed by atoms with Crippen LogP contribution in [0.3, 0.4) is 0 Å². The maximum absolute atomic E-state index is 9.97. The standard InChI is InChI=1S/C18H29NO5/c1-2-10-24-14-7-5-13(6-8-14)4-3-9-19-11-16(21)18(23)17(22)15(19)12-20/h5-8,15-18,20-23H,2-4,9-12H2,1H3/t15-,16+,17-,18-/m1/s1. The highest BCUT2D eigenvalue weighted by molar-refractivity contribution is 5.27. The molecule has 0 bridgehead atoms. The van der Waals surface area contributed by atoms with Crippen LogP contribution in [-0.2, 0) is 6.42 Å². The largest absolute Gasteiger partial charge is 0.494 e. The first-order chi connectivity index (χ1) is 11.6. The van der Waals surface area contributed by atoms with Gasteiger partial charge in [-0.3, -0.25) is 4.90 Å². The molecule has 1 saturated heterocycles. The van der Waals surface area contributed by atoms with Crippen LogP contribution >= 0.6 is 0 Å². The Morgan fingerprint density at radius 3 is 2.46 bits per heavy atom. The van der Waals surface area contributed by atoms with Crippen LogP contribution in [0.25, 0.3) is 0 Å². The van der Waals surface area contributed by atoms with Crippen molar-refractivity contribution in [2.75, 3.05) is 26.3 Å². The molecule has 0 aliphatic carbocycles. The SMILES string of the molecule is CCCOc1ccc(CCCN2C[C@H](O)[C@@H](O)[C@H](O)[C@H]2CO)cc1. The number of ether oxygens (including phenoxy) is 1. The summed E-state index contributed by atoms with van der Waals surface area (Å²) in [6.45, 7) is 3.44. The molecule has 1 aliphatic rings. The van der Waals surface area contributed by atoms with Gasteiger partial charge in [0, 0.05) is 6.54 Å². The minimum absolute atomic E-state index is 0.242. The molecule has 1 aromatic rings. The number of rotatable bonds is 8. The lowest BCUT2D eigenvalue weighted by Crippen LogP contribution is -2.62. The lowest BCUT2D eigenvalue weighted by atomic mass is 9.94. The molecule has 136 valence electrons. The summed E-state index contributed by atoms with van der Waals surface area (Å²) in [4.78, 5) is 1.85. The Morgan fingerprint density at radius 1 is 1.12 bits per heavy atom. The fraction of sp³-hybridized carbons (Fsp3) is 0.667. The second kappa shape index (κ2) is 9.34. The molecule has 2 rings (SSSR count). The van der Waals surface area contributed by atoms with E-state index in [1.807, 2.05) is 29.2 Å². The second-order valence-corrected chi connectivity index (χ2v) is 6.39. The van der Waals surface area contributed by atoms with E-state index in [9.17, 15) is 20.4 Å². The van der Waals surface area contributed by atoms with E-state index in [1.54, 1.807) is 0 Å². The Balaban J connectivity index is 1.82. The van der Waals surface area contributed by atoms with Crippen LogP contribution in [0, 0.1) is 0 Å². The molecule has 0 unspecified atom stereocenters. The molecule has 0 radical (unpaired) electrons. The first-order valence-electron chi connectivity index (χ1n) is 8.67. The summed E-state index contributed by atoms with van der Waals surface area (Å²) in [5, 5.41) is 38.9. The summed E-state index contributed by atoms with van der Waals surface area (Å²) in [7, 11) is 0. The molecule has 6 heteroatoms. The topological polar surface area (TPSA) is 93.4 Å². The first-order valence-corrected chi connectivity index (χ1v) is 8.67. The van der Waals surface area contributed by atoms with E-state index in [4.69, 9.17) is 4.74 Å². The number of aliphatic hydroxyl groups is 4. The van der Waals surface area contributed by atoms with Crippen molar-refractivity contribution in [3.8, 4) is 5.75 Å². The summed E-state index contributed by atoms with van der Waals surface area (Å²) in [6.07, 6.45) is -0.644. The van der Waals surface area contributed by atoms with Gasteiger partial charge in [0.25, 0.3) is 0 Å². The summed E-state index contributed by atoms with van der Waals surface area (Å²) in [6, 6.07) is 7.47. The summed E-state index contributed by atoms with van der Waals surface area (Å²) < 4.78 is 5.56. The number of aryl methyl sites for hydroxylation is 1. The fourth-order valence-electron chi connectivity index (χ4n) is 3.09. The van der Waals surface area contributed by atoms with E-state index >= 15 is 0 Å². The monoisotopic (exact) mass is 339 g/mol. The fourth-order valence-corrected chi connectivity index (χ4v) is 3.09. The molecule has 1 heterocycles. The second-order valence-electron chi connectivity index (χ2n) is 6.39. The minimum Gasteiger partial charge on any atom is -0.494 e. The van der Waals surface area contributed by atoms with Crippen LogP contribution in [0.4, 0.5) is 0 Å². The molecule has 1 aliphatic heterocycles. The number of hydrogen-bond donors (Lipinski definition) is 4. The molecule has 0 saturated carbocycles. The van der Waals surface area contributed by atoms with Crippen LogP contribution in [-0.4, -0.2) is 76.0 Å². The predicted octanol–water partition coefficient (Wildman–Crippen LogP) is 0.167. The highest BCUT2D eigenvalue weighted by Crippen LogP contribution is 2.20. The molecule has 1 aromatic carbocycles. The number of hydrogen-bond acceptors (Lipinski definition) is 6. The van der Waals surface area contributed by atoms with E-state index in [1.165, 1.54) is 5.56 Å². The zero-order valence-corrected chi connectivity index (χ0v) is 14.2. The van der Waals surface area contributed by atoms with Gasteiger partial charge in [0.15, 0.2) is 0 Å². The van der Waals surface area contributed by atoms with Crippen LogP contribution < -0.4 is 4.74 Å². The number of aliphatic hydroxyl groups excluding tert-OH is 4. The molecular formula is C18H29NO5. The first kappa shape index (κ1) is 19.1. The lowest BCUT2D eigenvalue weighted by Gasteiger charge is -2.43. The maximum Gasteiger partial charge on any atom is 0.119 e. The van der Waals surface area contributed by atoms with Gasteiger partial charge in [-0.15, -0.1) is 0 Å². The molecule has 0 aromatic heterocycles. The van der Waals surface area contributed by atoms with Crippen molar-refractivity contribution >= 4 is 0 Å². The number of nitrogens with zero attached hydrogens (tertiary/aromatic N) is 1. The summed E-state index contributed by atoms with van der Waals surface area (Å²) in [5.41, 5.74) is 1.19. The average molecular weight is 339 g/mol. The van der Waals surface area contributed by atoms with Crippen LogP contribution in [0.5, 0.6) is 5.75 Å². The number of β-amino-alcohol motifs (C(OH)–C–C–N with tert-alkyl or cyclic N) is 1. The van der Waals surface area contributed by atoms with Gasteiger partial charge in [0.1, 0.15) is 18.0 Å². The zero-order chi connectivity index (χ0) is 17.5. The third-order valence-electron chi connectivity index (χ3n) is 4.52. The van der Waals surface area contributed by atoms with Gasteiger partial charge in [0.05, 0.1) is 25.4 Å². The smallest absolute Gasteiger partial charge is 0.119 e. The third-order valence-corrected chi connectivity index (χ3v) is 4.52. The molecule has 0 amide bonds. The van der Waals surface area contributed by atoms with Crippen molar-refractivity contribution in [2.24, 2.45) is 0 Å². The Morgan fingerprint density at radius 2 is 1.83 bits per heavy atom. The van der Waals surface area contributed by atoms with Gasteiger partial charge >= 0.3 is 0 Å². The molecule has 0 spiro atoms. The van der Waals surface area contributed by atoms with E-state index < -0.39 is 24.4 Å². The maximum atomic E-state index is 9.97. The summed E-state index contributed by atoms with van der Waals surface area (Å²) in [5.74, 6) is 0.872. The van der Waals surface area contributed by atoms with Gasteiger partial charge in [-0.1, -0.05) is 19.1 Å². The van der Waals surface area contributed by atoms with E-state index in [-0.39, 0.29) is 13.2 Å². The normalized spacial score (nSPS) is 28.0. The third kappa shape index (κ3) is 4.91. The van der Waals surface area contributed by atoms with Gasteiger partial charge in [-0.2, -0.15) is 0 Å². The van der Waals surface area contributed by atoms with E-state index in [0.717, 1.165) is 25.0 Å². The molecular weight excluding hydrogens is 310 g/mol. The minimum atomic E-state index is -1.20. The number of benzene rings is 1. The van der Waals surface area contributed by atoms with E-state index in [2.05, 4.69) is 6.92 Å². The summed E-state index contributed by atoms with van der Waals surface area (Å²) >= 11 is 0. The lowest BCUT2D eigenvalue weighted by molar-refractivity contribution is -0.145. The highest BCUT2D eigenvalue weighted by atomic mass is 16.5. The Labute approximate surface area is 143 Å². The van der Waals surface area contributed by atoms with E-state index in [0.29, 0.717) is 13.2 Å². The van der Waals surface area contributed by atoms with Crippen molar-refractivity contribution in [1.29, 1.82) is 0 Å². The molecule has 4 atom stereocenters.